The van der Waals surface area contributed by atoms with Crippen LogP contribution in [0.1, 0.15) is 16.9 Å². The number of ether oxygens (including phenoxy) is 1. The standard InChI is InChI=1S/C19H23N3OS2.2ClH/c1-13-11-15-18(22-9-8-20-14(12-22)7-10-23-2)21-16-5-3-4-6-17(16)25-19(15)24-13;;/h3-6,11,14,20H,7-10,12H2,1-2H3;2*1H. The van der Waals surface area contributed by atoms with E-state index in [-0.39, 0.29) is 24.8 Å². The Kier molecular flexibility index (Phi) is 8.46. The first-order valence-corrected chi connectivity index (χ1v) is 10.3. The van der Waals surface area contributed by atoms with Crippen molar-refractivity contribution in [3.05, 3.63) is 40.8 Å². The molecule has 148 valence electrons. The molecule has 0 saturated carbocycles. The van der Waals surface area contributed by atoms with E-state index in [0.717, 1.165) is 44.2 Å². The van der Waals surface area contributed by atoms with Gasteiger partial charge in [-0.05, 0) is 31.5 Å². The number of aryl methyl sites for hydroxylation is 1. The first-order valence-electron chi connectivity index (χ1n) is 8.68. The summed E-state index contributed by atoms with van der Waals surface area (Å²) in [6.07, 6.45) is 1.03. The van der Waals surface area contributed by atoms with Crippen LogP contribution < -0.4 is 5.32 Å². The second-order valence-electron chi connectivity index (χ2n) is 6.44. The van der Waals surface area contributed by atoms with Crippen LogP contribution in [0.5, 0.6) is 0 Å². The van der Waals surface area contributed by atoms with E-state index in [2.05, 4.69) is 47.5 Å². The van der Waals surface area contributed by atoms with E-state index in [4.69, 9.17) is 9.73 Å². The van der Waals surface area contributed by atoms with Gasteiger partial charge in [-0.3, -0.25) is 0 Å². The van der Waals surface area contributed by atoms with E-state index in [1.165, 1.54) is 19.5 Å². The van der Waals surface area contributed by atoms with E-state index in [0.29, 0.717) is 6.04 Å². The smallest absolute Gasteiger partial charge is 0.138 e. The van der Waals surface area contributed by atoms with E-state index in [1.54, 1.807) is 7.11 Å². The van der Waals surface area contributed by atoms with Gasteiger partial charge >= 0.3 is 0 Å². The van der Waals surface area contributed by atoms with Gasteiger partial charge in [-0.1, -0.05) is 23.9 Å². The topological polar surface area (TPSA) is 36.9 Å². The van der Waals surface area contributed by atoms with Gasteiger partial charge < -0.3 is 15.0 Å². The number of amidine groups is 1. The molecule has 0 spiro atoms. The van der Waals surface area contributed by atoms with E-state index < -0.39 is 0 Å². The van der Waals surface area contributed by atoms with Gasteiger partial charge in [-0.15, -0.1) is 36.2 Å². The molecule has 2 aliphatic heterocycles. The van der Waals surface area contributed by atoms with Gasteiger partial charge in [-0.2, -0.15) is 0 Å². The number of benzene rings is 1. The summed E-state index contributed by atoms with van der Waals surface area (Å²) in [7, 11) is 1.77. The zero-order valence-electron chi connectivity index (χ0n) is 15.4. The molecule has 0 bridgehead atoms. The van der Waals surface area contributed by atoms with Gasteiger partial charge in [0.25, 0.3) is 0 Å². The molecule has 1 aromatic heterocycles. The van der Waals surface area contributed by atoms with E-state index >= 15 is 0 Å². The molecular weight excluding hydrogens is 421 g/mol. The Morgan fingerprint density at radius 3 is 2.93 bits per heavy atom. The maximum atomic E-state index is 5.26. The predicted octanol–water partition coefficient (Wildman–Crippen LogP) is 4.75. The van der Waals surface area contributed by atoms with E-state index in [9.17, 15) is 0 Å². The van der Waals surface area contributed by atoms with Crippen LogP contribution in [0.2, 0.25) is 0 Å². The molecule has 1 aromatic carbocycles. The van der Waals surface area contributed by atoms with Crippen LogP contribution in [0, 0.1) is 6.92 Å². The van der Waals surface area contributed by atoms with Gasteiger partial charge in [-0.25, -0.2) is 4.99 Å². The lowest BCUT2D eigenvalue weighted by atomic mass is 10.1. The van der Waals surface area contributed by atoms with Crippen LogP contribution in [0.3, 0.4) is 0 Å². The Morgan fingerprint density at radius 2 is 2.11 bits per heavy atom. The SMILES string of the molecule is COCCC1CN(C2=Nc3ccccc3Sc3sc(C)cc32)CCN1.Cl.Cl. The summed E-state index contributed by atoms with van der Waals surface area (Å²) in [5, 5.41) is 3.61. The lowest BCUT2D eigenvalue weighted by Gasteiger charge is -2.35. The maximum absolute atomic E-state index is 5.26. The van der Waals surface area contributed by atoms with Crippen molar-refractivity contribution >= 4 is 59.4 Å². The number of methoxy groups -OCH3 is 1. The molecule has 1 fully saturated rings. The molecule has 2 aliphatic rings. The molecule has 0 aliphatic carbocycles. The highest BCUT2D eigenvalue weighted by Crippen LogP contribution is 2.44. The van der Waals surface area contributed by atoms with Crippen molar-refractivity contribution in [2.45, 2.75) is 28.5 Å². The second-order valence-corrected chi connectivity index (χ2v) is 9.01. The highest BCUT2D eigenvalue weighted by molar-refractivity contribution is 8.01. The summed E-state index contributed by atoms with van der Waals surface area (Å²) in [5.74, 6) is 1.13. The average molecular weight is 446 g/mol. The number of fused-ring (bicyclic) bond motifs is 2. The fourth-order valence-corrected chi connectivity index (χ4v) is 5.73. The van der Waals surface area contributed by atoms with Gasteiger partial charge in [0.1, 0.15) is 5.84 Å². The van der Waals surface area contributed by atoms with Crippen LogP contribution in [0.4, 0.5) is 5.69 Å². The van der Waals surface area contributed by atoms with Crippen LogP contribution in [0.25, 0.3) is 0 Å². The first kappa shape index (κ1) is 22.5. The molecule has 1 N–H and O–H groups in total. The molecule has 4 nitrogen and oxygen atoms in total. The molecule has 1 saturated heterocycles. The normalized spacial score (nSPS) is 18.4. The van der Waals surface area contributed by atoms with Gasteiger partial charge in [0.15, 0.2) is 0 Å². The molecular formula is C19H25Cl2N3OS2. The van der Waals surface area contributed by atoms with Gasteiger partial charge in [0, 0.05) is 54.7 Å². The molecule has 0 amide bonds. The maximum Gasteiger partial charge on any atom is 0.138 e. The quantitative estimate of drug-likeness (QED) is 0.738. The van der Waals surface area contributed by atoms with Crippen LogP contribution >= 0.6 is 47.9 Å². The molecule has 3 heterocycles. The number of para-hydroxylation sites is 1. The minimum Gasteiger partial charge on any atom is -0.385 e. The summed E-state index contributed by atoms with van der Waals surface area (Å²) in [6.45, 7) is 5.93. The van der Waals surface area contributed by atoms with Gasteiger partial charge in [0.2, 0.25) is 0 Å². The second kappa shape index (κ2) is 10.1. The number of halogens is 2. The third-order valence-corrected chi connectivity index (χ3v) is 6.90. The highest BCUT2D eigenvalue weighted by atomic mass is 35.5. The Labute approximate surface area is 181 Å². The summed E-state index contributed by atoms with van der Waals surface area (Å²) < 4.78 is 6.62. The third kappa shape index (κ3) is 5.00. The fraction of sp³-hybridized carbons (Fsp3) is 0.421. The average Bonchev–Trinajstić information content (AvgIpc) is 2.91. The molecule has 1 atom stereocenters. The summed E-state index contributed by atoms with van der Waals surface area (Å²) in [4.78, 5) is 10.1. The summed E-state index contributed by atoms with van der Waals surface area (Å²) in [5.41, 5.74) is 2.37. The lowest BCUT2D eigenvalue weighted by Crippen LogP contribution is -2.53. The van der Waals surface area contributed by atoms with Crippen molar-refractivity contribution in [2.75, 3.05) is 33.4 Å². The highest BCUT2D eigenvalue weighted by Gasteiger charge is 2.27. The third-order valence-electron chi connectivity index (χ3n) is 4.58. The fourth-order valence-electron chi connectivity index (χ4n) is 3.35. The van der Waals surface area contributed by atoms with Crippen molar-refractivity contribution in [2.24, 2.45) is 4.99 Å². The summed E-state index contributed by atoms with van der Waals surface area (Å²) >= 11 is 3.72. The van der Waals surface area contributed by atoms with Crippen LogP contribution in [0.15, 0.2) is 44.4 Å². The molecule has 8 heteroatoms. The summed E-state index contributed by atoms with van der Waals surface area (Å²) in [6, 6.07) is 11.2. The van der Waals surface area contributed by atoms with Crippen molar-refractivity contribution in [1.82, 2.24) is 10.2 Å². The number of thiophene rings is 1. The molecule has 2 aromatic rings. The number of nitrogens with one attached hydrogen (secondary N) is 1. The Hall–Kier alpha value is -0.760. The van der Waals surface area contributed by atoms with E-state index in [1.807, 2.05) is 23.1 Å². The number of hydrogen-bond donors (Lipinski definition) is 1. The number of rotatable bonds is 3. The predicted molar refractivity (Wildman–Crippen MR) is 120 cm³/mol. The first-order chi connectivity index (χ1) is 12.2. The zero-order valence-corrected chi connectivity index (χ0v) is 18.7. The number of hydrogen-bond acceptors (Lipinski definition) is 6. The van der Waals surface area contributed by atoms with Crippen molar-refractivity contribution in [3.63, 3.8) is 0 Å². The van der Waals surface area contributed by atoms with Crippen LogP contribution in [-0.2, 0) is 4.74 Å². The Balaban J connectivity index is 0.00000131. The monoisotopic (exact) mass is 445 g/mol. The number of nitrogens with zero attached hydrogens (tertiary/aromatic N) is 2. The lowest BCUT2D eigenvalue weighted by molar-refractivity contribution is 0.168. The molecule has 0 radical (unpaired) electrons. The number of aliphatic imine (C=N–C) groups is 1. The molecule has 1 unspecified atom stereocenters. The molecule has 4 rings (SSSR count). The molecule has 27 heavy (non-hydrogen) atoms. The minimum absolute atomic E-state index is 0. The van der Waals surface area contributed by atoms with Crippen molar-refractivity contribution in [1.29, 1.82) is 0 Å². The van der Waals surface area contributed by atoms with Gasteiger partial charge in [0.05, 0.1) is 9.90 Å². The Bertz CT molecular complexity index is 797. The largest absolute Gasteiger partial charge is 0.385 e. The zero-order chi connectivity index (χ0) is 17.2. The number of piperazine rings is 1. The Morgan fingerprint density at radius 1 is 1.30 bits per heavy atom. The van der Waals surface area contributed by atoms with Crippen molar-refractivity contribution in [3.8, 4) is 0 Å². The van der Waals surface area contributed by atoms with Crippen LogP contribution in [-0.4, -0.2) is 50.1 Å². The van der Waals surface area contributed by atoms with Crippen molar-refractivity contribution < 1.29 is 4.74 Å². The minimum atomic E-state index is 0.